The second-order valence-corrected chi connectivity index (χ2v) is 5.49. The van der Waals surface area contributed by atoms with Gasteiger partial charge in [0, 0.05) is 17.4 Å². The average Bonchev–Trinajstić information content (AvgIpc) is 2.63. The topological polar surface area (TPSA) is 112 Å². The van der Waals surface area contributed by atoms with Gasteiger partial charge in [0.15, 0.2) is 5.82 Å². The summed E-state index contributed by atoms with van der Waals surface area (Å²) in [4.78, 5) is 4.45. The maximum absolute atomic E-state index is 6.30. The number of anilines is 3. The summed E-state index contributed by atoms with van der Waals surface area (Å²) in [5.74, 6) is 1.36. The van der Waals surface area contributed by atoms with Gasteiger partial charge in [-0.2, -0.15) is 0 Å². The number of benzene rings is 2. The van der Waals surface area contributed by atoms with Crippen LogP contribution in [-0.2, 0) is 0 Å². The monoisotopic (exact) mass is 334 g/mol. The maximum Gasteiger partial charge on any atom is 0.273 e. The third-order valence-corrected chi connectivity index (χ3v) is 3.82. The zero-order valence-electron chi connectivity index (χ0n) is 13.9. The molecule has 0 saturated carbocycles. The number of nitrogens with zero attached hydrogens (tertiary/aromatic N) is 1. The third kappa shape index (κ3) is 3.37. The third-order valence-electron chi connectivity index (χ3n) is 3.82. The van der Waals surface area contributed by atoms with Gasteiger partial charge in [-0.3, -0.25) is 11.1 Å². The molecule has 0 aliphatic rings. The van der Waals surface area contributed by atoms with Crippen LogP contribution in [0.5, 0.6) is 5.75 Å². The predicted octanol–water partition coefficient (Wildman–Crippen LogP) is 1.55. The minimum absolute atomic E-state index is 0.133. The fourth-order valence-corrected chi connectivity index (χ4v) is 2.60. The fraction of sp³-hybridized carbons (Fsp3) is 0.0526. The Morgan fingerprint density at radius 1 is 1.12 bits per heavy atom. The Balaban J connectivity index is 2.08. The Labute approximate surface area is 146 Å². The van der Waals surface area contributed by atoms with Crippen LogP contribution in [0.25, 0.3) is 11.1 Å². The number of para-hydroxylation sites is 1. The number of rotatable bonds is 5. The van der Waals surface area contributed by atoms with Crippen LogP contribution in [0.4, 0.5) is 17.2 Å². The normalized spacial score (nSPS) is 10.3. The first-order valence-electron chi connectivity index (χ1n) is 7.73. The van der Waals surface area contributed by atoms with E-state index in [4.69, 9.17) is 21.6 Å². The van der Waals surface area contributed by atoms with Crippen molar-refractivity contribution in [2.24, 2.45) is 5.73 Å². The maximum atomic E-state index is 6.30. The molecule has 1 heterocycles. The van der Waals surface area contributed by atoms with Crippen molar-refractivity contribution >= 4 is 23.0 Å². The lowest BCUT2D eigenvalue weighted by atomic mass is 9.99. The highest BCUT2D eigenvalue weighted by Gasteiger charge is 2.19. The van der Waals surface area contributed by atoms with E-state index in [1.54, 1.807) is 13.3 Å². The van der Waals surface area contributed by atoms with Gasteiger partial charge in [-0.15, -0.1) is 0 Å². The molecule has 0 amide bonds. The minimum atomic E-state index is 0.133. The van der Waals surface area contributed by atoms with Gasteiger partial charge in [0.1, 0.15) is 5.75 Å². The predicted molar refractivity (Wildman–Crippen MR) is 101 cm³/mol. The number of ether oxygens (including phenoxy) is 1. The Kier molecular flexibility index (Phi) is 4.52. The van der Waals surface area contributed by atoms with E-state index >= 15 is 0 Å². The van der Waals surface area contributed by atoms with Crippen molar-refractivity contribution < 1.29 is 10.1 Å². The SMILES string of the molecule is COc1cccc(-c2cnc(Nc3ccccc3)c(N)c2C(N)=[NH2+])c1. The fourth-order valence-electron chi connectivity index (χ4n) is 2.60. The standard InChI is InChI=1S/C19H19N5O/c1-25-14-9-5-6-12(10-14)15-11-23-19(17(20)16(15)18(21)22)24-13-7-3-2-4-8-13/h2-11H,20H2,1H3,(H3,21,22)(H,23,24)/p+1. The summed E-state index contributed by atoms with van der Waals surface area (Å²) in [5.41, 5.74) is 15.7. The number of hydrogen-bond acceptors (Lipinski definition) is 4. The van der Waals surface area contributed by atoms with Gasteiger partial charge in [-0.1, -0.05) is 30.3 Å². The number of nitrogen functional groups attached to an aromatic ring is 1. The first-order chi connectivity index (χ1) is 12.1. The smallest absolute Gasteiger partial charge is 0.273 e. The lowest BCUT2D eigenvalue weighted by Crippen LogP contribution is -2.46. The molecule has 0 saturated heterocycles. The van der Waals surface area contributed by atoms with E-state index in [-0.39, 0.29) is 5.84 Å². The van der Waals surface area contributed by atoms with Crippen LogP contribution in [0.15, 0.2) is 60.8 Å². The summed E-state index contributed by atoms with van der Waals surface area (Å²) in [6.45, 7) is 0. The van der Waals surface area contributed by atoms with Crippen LogP contribution in [-0.4, -0.2) is 17.9 Å². The molecule has 0 radical (unpaired) electrons. The molecular formula is C19H20N5O+. The van der Waals surface area contributed by atoms with E-state index in [1.807, 2.05) is 54.6 Å². The molecule has 6 nitrogen and oxygen atoms in total. The molecule has 7 N–H and O–H groups in total. The van der Waals surface area contributed by atoms with Crippen LogP contribution in [0, 0.1) is 0 Å². The second kappa shape index (κ2) is 6.92. The van der Waals surface area contributed by atoms with Gasteiger partial charge in [0.25, 0.3) is 5.84 Å². The van der Waals surface area contributed by atoms with Crippen LogP contribution in [0.2, 0.25) is 0 Å². The van der Waals surface area contributed by atoms with Gasteiger partial charge in [-0.25, -0.2) is 4.98 Å². The van der Waals surface area contributed by atoms with Gasteiger partial charge in [0.2, 0.25) is 0 Å². The molecule has 2 aromatic carbocycles. The average molecular weight is 334 g/mol. The lowest BCUT2D eigenvalue weighted by molar-refractivity contribution is -0.114. The molecule has 0 spiro atoms. The van der Waals surface area contributed by atoms with E-state index in [0.717, 1.165) is 22.6 Å². The summed E-state index contributed by atoms with van der Waals surface area (Å²) >= 11 is 0. The summed E-state index contributed by atoms with van der Waals surface area (Å²) in [6.07, 6.45) is 1.70. The van der Waals surface area contributed by atoms with E-state index < -0.39 is 0 Å². The highest BCUT2D eigenvalue weighted by Crippen LogP contribution is 2.33. The van der Waals surface area contributed by atoms with Crippen molar-refractivity contribution in [3.8, 4) is 16.9 Å². The van der Waals surface area contributed by atoms with E-state index in [0.29, 0.717) is 17.1 Å². The van der Waals surface area contributed by atoms with Crippen LogP contribution < -0.4 is 26.9 Å². The lowest BCUT2D eigenvalue weighted by Gasteiger charge is -2.14. The molecule has 0 atom stereocenters. The molecule has 3 rings (SSSR count). The zero-order valence-corrected chi connectivity index (χ0v) is 13.9. The molecule has 126 valence electrons. The molecule has 3 aromatic rings. The van der Waals surface area contributed by atoms with Crippen LogP contribution in [0.3, 0.4) is 0 Å². The first kappa shape index (κ1) is 16.3. The number of nitrogens with two attached hydrogens (primary N) is 3. The van der Waals surface area contributed by atoms with E-state index in [1.165, 1.54) is 0 Å². The molecular weight excluding hydrogens is 314 g/mol. The minimum Gasteiger partial charge on any atom is -0.497 e. The number of pyridine rings is 1. The summed E-state index contributed by atoms with van der Waals surface area (Å²) in [6, 6.07) is 17.2. The molecule has 0 aliphatic heterocycles. The van der Waals surface area contributed by atoms with Crippen molar-refractivity contribution in [1.29, 1.82) is 0 Å². The second-order valence-electron chi connectivity index (χ2n) is 5.49. The summed E-state index contributed by atoms with van der Waals surface area (Å²) < 4.78 is 5.28. The largest absolute Gasteiger partial charge is 0.497 e. The van der Waals surface area contributed by atoms with Crippen LogP contribution >= 0.6 is 0 Å². The quantitative estimate of drug-likeness (QED) is 0.418. The number of methoxy groups -OCH3 is 1. The van der Waals surface area contributed by atoms with Crippen LogP contribution in [0.1, 0.15) is 5.56 Å². The van der Waals surface area contributed by atoms with Gasteiger partial charge in [0.05, 0.1) is 18.4 Å². The van der Waals surface area contributed by atoms with Crippen molar-refractivity contribution in [3.63, 3.8) is 0 Å². The van der Waals surface area contributed by atoms with E-state index in [9.17, 15) is 0 Å². The first-order valence-corrected chi connectivity index (χ1v) is 7.73. The highest BCUT2D eigenvalue weighted by atomic mass is 16.5. The summed E-state index contributed by atoms with van der Waals surface area (Å²) in [5, 5.41) is 9.10. The van der Waals surface area contributed by atoms with Crippen molar-refractivity contribution in [1.82, 2.24) is 4.98 Å². The molecule has 0 fully saturated rings. The van der Waals surface area contributed by atoms with Gasteiger partial charge >= 0.3 is 0 Å². The Morgan fingerprint density at radius 2 is 1.88 bits per heavy atom. The van der Waals surface area contributed by atoms with Gasteiger partial charge < -0.3 is 15.8 Å². The Morgan fingerprint density at radius 3 is 2.56 bits per heavy atom. The summed E-state index contributed by atoms with van der Waals surface area (Å²) in [7, 11) is 1.61. The molecule has 25 heavy (non-hydrogen) atoms. The van der Waals surface area contributed by atoms with Crippen molar-refractivity contribution in [2.45, 2.75) is 0 Å². The number of amidine groups is 1. The van der Waals surface area contributed by atoms with E-state index in [2.05, 4.69) is 10.3 Å². The number of nitrogens with one attached hydrogen (secondary N) is 1. The van der Waals surface area contributed by atoms with Crippen molar-refractivity contribution in [3.05, 3.63) is 66.4 Å². The number of aromatic nitrogens is 1. The molecule has 0 aliphatic carbocycles. The number of hydrogen-bond donors (Lipinski definition) is 4. The van der Waals surface area contributed by atoms with Gasteiger partial charge in [-0.05, 0) is 29.8 Å². The Hall–Kier alpha value is -3.54. The molecule has 1 aromatic heterocycles. The Bertz CT molecular complexity index is 909. The molecule has 6 heteroatoms. The van der Waals surface area contributed by atoms with Crippen molar-refractivity contribution in [2.75, 3.05) is 18.2 Å². The molecule has 0 unspecified atom stereocenters. The zero-order chi connectivity index (χ0) is 17.8. The molecule has 0 bridgehead atoms. The highest BCUT2D eigenvalue weighted by molar-refractivity contribution is 6.06.